The Bertz CT molecular complexity index is 676. The predicted octanol–water partition coefficient (Wildman–Crippen LogP) is 4.36. The molecule has 2 aliphatic rings. The van der Waals surface area contributed by atoms with E-state index in [1.54, 1.807) is 6.26 Å². The highest BCUT2D eigenvalue weighted by molar-refractivity contribution is 5.81. The number of hydrogen-bond donors (Lipinski definition) is 2. The average molecular weight is 431 g/mol. The molecule has 1 amide bonds. The van der Waals surface area contributed by atoms with Gasteiger partial charge in [0.1, 0.15) is 5.76 Å². The highest BCUT2D eigenvalue weighted by Crippen LogP contribution is 2.24. The molecule has 1 aliphatic heterocycles. The van der Waals surface area contributed by atoms with Crippen LogP contribution < -0.4 is 10.6 Å². The van der Waals surface area contributed by atoms with Gasteiger partial charge in [-0.15, -0.1) is 0 Å². The molecule has 1 aromatic rings. The maximum atomic E-state index is 12.7. The number of furan rings is 1. The molecule has 1 saturated heterocycles. The Morgan fingerprint density at radius 2 is 1.90 bits per heavy atom. The zero-order valence-electron chi connectivity index (χ0n) is 19.7. The molecule has 2 N–H and O–H groups in total. The molecule has 3 rings (SSSR count). The van der Waals surface area contributed by atoms with Gasteiger partial charge in [0.05, 0.1) is 6.26 Å². The van der Waals surface area contributed by atoms with E-state index in [0.29, 0.717) is 30.5 Å². The summed E-state index contributed by atoms with van der Waals surface area (Å²) in [6.07, 6.45) is 11.5. The molecule has 2 atom stereocenters. The second kappa shape index (κ2) is 12.2. The third kappa shape index (κ3) is 7.01. The van der Waals surface area contributed by atoms with Crippen molar-refractivity contribution in [3.05, 3.63) is 24.2 Å². The van der Waals surface area contributed by atoms with Crippen molar-refractivity contribution in [2.45, 2.75) is 90.6 Å². The van der Waals surface area contributed by atoms with Crippen molar-refractivity contribution < 1.29 is 9.21 Å². The van der Waals surface area contributed by atoms with E-state index >= 15 is 0 Å². The maximum Gasteiger partial charge on any atom is 0.225 e. The van der Waals surface area contributed by atoms with E-state index in [4.69, 9.17) is 9.41 Å². The number of carbonyl (C=O) groups excluding carboxylic acids is 1. The molecule has 1 saturated carbocycles. The summed E-state index contributed by atoms with van der Waals surface area (Å²) in [5.41, 5.74) is 0. The zero-order chi connectivity index (χ0) is 22.1. The number of rotatable bonds is 8. The van der Waals surface area contributed by atoms with Crippen molar-refractivity contribution in [1.82, 2.24) is 15.5 Å². The van der Waals surface area contributed by atoms with Crippen LogP contribution in [0.25, 0.3) is 0 Å². The summed E-state index contributed by atoms with van der Waals surface area (Å²) in [7, 11) is 0. The van der Waals surface area contributed by atoms with E-state index in [1.165, 1.54) is 25.7 Å². The molecule has 1 aliphatic carbocycles. The van der Waals surface area contributed by atoms with Crippen molar-refractivity contribution in [2.24, 2.45) is 16.8 Å². The van der Waals surface area contributed by atoms with Crippen LogP contribution in [0.4, 0.5) is 0 Å². The van der Waals surface area contributed by atoms with Gasteiger partial charge >= 0.3 is 0 Å². The van der Waals surface area contributed by atoms with E-state index in [0.717, 1.165) is 56.9 Å². The molecule has 6 nitrogen and oxygen atoms in total. The minimum absolute atomic E-state index is 0.178. The normalized spacial score (nSPS) is 23.2. The van der Waals surface area contributed by atoms with E-state index in [1.807, 2.05) is 12.1 Å². The number of amides is 1. The third-order valence-electron chi connectivity index (χ3n) is 7.12. The summed E-state index contributed by atoms with van der Waals surface area (Å²) in [6.45, 7) is 8.96. The Kier molecular flexibility index (Phi) is 9.29. The lowest BCUT2D eigenvalue weighted by molar-refractivity contribution is -0.136. The second-order valence-electron chi connectivity index (χ2n) is 9.33. The first-order chi connectivity index (χ1) is 15.1. The standard InChI is InChI=1S/C25H42N4O2/c1-4-20(5-2)24(30)29-16-13-21(14-17-29)27-25(26-15-12-22-10-8-18-31-22)28-23-11-7-6-9-19(23)3/h8,10,18-21,23H,4-7,9,11-17H2,1-3H3,(H2,26,27,28). The van der Waals surface area contributed by atoms with Gasteiger partial charge < -0.3 is 20.0 Å². The number of piperidine rings is 1. The highest BCUT2D eigenvalue weighted by Gasteiger charge is 2.28. The molecule has 2 fully saturated rings. The number of hydrogen-bond acceptors (Lipinski definition) is 3. The Balaban J connectivity index is 1.55. The lowest BCUT2D eigenvalue weighted by Crippen LogP contribution is -2.53. The molecular formula is C25H42N4O2. The summed E-state index contributed by atoms with van der Waals surface area (Å²) in [6, 6.07) is 4.78. The molecule has 0 aromatic carbocycles. The van der Waals surface area contributed by atoms with Gasteiger partial charge in [-0.25, -0.2) is 0 Å². The molecule has 174 valence electrons. The van der Waals surface area contributed by atoms with Gasteiger partial charge in [-0.3, -0.25) is 9.79 Å². The fourth-order valence-electron chi connectivity index (χ4n) is 4.91. The van der Waals surface area contributed by atoms with Gasteiger partial charge in [-0.1, -0.05) is 33.6 Å². The zero-order valence-corrected chi connectivity index (χ0v) is 19.7. The summed E-state index contributed by atoms with van der Waals surface area (Å²) in [5.74, 6) is 3.09. The maximum absolute atomic E-state index is 12.7. The number of likely N-dealkylation sites (tertiary alicyclic amines) is 1. The van der Waals surface area contributed by atoms with E-state index < -0.39 is 0 Å². The molecule has 2 heterocycles. The quantitative estimate of drug-likeness (QED) is 0.475. The second-order valence-corrected chi connectivity index (χ2v) is 9.33. The minimum atomic E-state index is 0.178. The average Bonchev–Trinajstić information content (AvgIpc) is 3.30. The van der Waals surface area contributed by atoms with Gasteiger partial charge in [0.25, 0.3) is 0 Å². The van der Waals surface area contributed by atoms with Crippen LogP contribution in [0.15, 0.2) is 27.8 Å². The van der Waals surface area contributed by atoms with Gasteiger partial charge in [0, 0.05) is 44.1 Å². The predicted molar refractivity (Wildman–Crippen MR) is 126 cm³/mol. The third-order valence-corrected chi connectivity index (χ3v) is 7.12. The van der Waals surface area contributed by atoms with Gasteiger partial charge in [-0.2, -0.15) is 0 Å². The van der Waals surface area contributed by atoms with Gasteiger partial charge in [0.15, 0.2) is 5.96 Å². The Morgan fingerprint density at radius 3 is 2.55 bits per heavy atom. The van der Waals surface area contributed by atoms with Crippen LogP contribution in [0, 0.1) is 11.8 Å². The number of guanidine groups is 1. The summed E-state index contributed by atoms with van der Waals surface area (Å²) in [4.78, 5) is 19.7. The summed E-state index contributed by atoms with van der Waals surface area (Å²) >= 11 is 0. The summed E-state index contributed by atoms with van der Waals surface area (Å²) in [5, 5.41) is 7.42. The van der Waals surface area contributed by atoms with E-state index in [-0.39, 0.29) is 5.92 Å². The van der Waals surface area contributed by atoms with Crippen molar-refractivity contribution in [2.75, 3.05) is 19.6 Å². The highest BCUT2D eigenvalue weighted by atomic mass is 16.3. The van der Waals surface area contributed by atoms with Gasteiger partial charge in [-0.05, 0) is 56.6 Å². The fraction of sp³-hybridized carbons (Fsp3) is 0.760. The molecule has 0 bridgehead atoms. The van der Waals surface area contributed by atoms with Crippen LogP contribution in [-0.2, 0) is 11.2 Å². The van der Waals surface area contributed by atoms with Crippen LogP contribution in [0.3, 0.4) is 0 Å². The lowest BCUT2D eigenvalue weighted by Gasteiger charge is -2.36. The number of carbonyl (C=O) groups is 1. The van der Waals surface area contributed by atoms with E-state index in [2.05, 4.69) is 36.3 Å². The summed E-state index contributed by atoms with van der Waals surface area (Å²) < 4.78 is 5.46. The fourth-order valence-corrected chi connectivity index (χ4v) is 4.91. The van der Waals surface area contributed by atoms with Gasteiger partial charge in [0.2, 0.25) is 5.91 Å². The number of nitrogens with zero attached hydrogens (tertiary/aromatic N) is 2. The minimum Gasteiger partial charge on any atom is -0.469 e. The molecule has 6 heteroatoms. The van der Waals surface area contributed by atoms with Crippen molar-refractivity contribution in [3.63, 3.8) is 0 Å². The Labute approximate surface area is 188 Å². The largest absolute Gasteiger partial charge is 0.469 e. The molecule has 1 aromatic heterocycles. The first kappa shape index (κ1) is 23.7. The van der Waals surface area contributed by atoms with Crippen LogP contribution in [0.2, 0.25) is 0 Å². The number of aliphatic imine (C=N–C) groups is 1. The first-order valence-electron chi connectivity index (χ1n) is 12.5. The number of nitrogens with one attached hydrogen (secondary N) is 2. The molecule has 0 spiro atoms. The SMILES string of the molecule is CCC(CC)C(=O)N1CCC(NC(=NCCc2ccco2)NC2CCCCC2C)CC1. The van der Waals surface area contributed by atoms with Crippen molar-refractivity contribution in [3.8, 4) is 0 Å². The first-order valence-corrected chi connectivity index (χ1v) is 12.5. The van der Waals surface area contributed by atoms with Crippen molar-refractivity contribution in [1.29, 1.82) is 0 Å². The molecular weight excluding hydrogens is 388 g/mol. The van der Waals surface area contributed by atoms with E-state index in [9.17, 15) is 4.79 Å². The molecule has 0 radical (unpaired) electrons. The molecule has 31 heavy (non-hydrogen) atoms. The molecule has 2 unspecified atom stereocenters. The lowest BCUT2D eigenvalue weighted by atomic mass is 9.86. The topological polar surface area (TPSA) is 69.9 Å². The van der Waals surface area contributed by atoms with Crippen LogP contribution >= 0.6 is 0 Å². The van der Waals surface area contributed by atoms with Crippen LogP contribution in [0.1, 0.15) is 77.9 Å². The smallest absolute Gasteiger partial charge is 0.225 e. The monoisotopic (exact) mass is 430 g/mol. The van der Waals surface area contributed by atoms with Crippen LogP contribution in [-0.4, -0.2) is 48.5 Å². The van der Waals surface area contributed by atoms with Crippen molar-refractivity contribution >= 4 is 11.9 Å². The Hall–Kier alpha value is -1.98. The van der Waals surface area contributed by atoms with Crippen LogP contribution in [0.5, 0.6) is 0 Å². The Morgan fingerprint density at radius 1 is 1.16 bits per heavy atom.